The van der Waals surface area contributed by atoms with Crippen LogP contribution in [-0.4, -0.2) is 36.6 Å². The molecule has 2 nitrogen and oxygen atoms in total. The molecule has 0 saturated heterocycles. The molecule has 2 unspecified atom stereocenters. The Labute approximate surface area is 114 Å². The second-order valence-corrected chi connectivity index (χ2v) is 7.01. The van der Waals surface area contributed by atoms with E-state index in [-0.39, 0.29) is 0 Å². The van der Waals surface area contributed by atoms with Crippen LogP contribution >= 0.6 is 0 Å². The number of hydrogen-bond donors (Lipinski definition) is 1. The zero-order valence-electron chi connectivity index (χ0n) is 12.8. The molecule has 0 aliphatic heterocycles. The Morgan fingerprint density at radius 1 is 1.17 bits per heavy atom. The van der Waals surface area contributed by atoms with Gasteiger partial charge in [0, 0.05) is 18.6 Å². The molecule has 2 saturated carbocycles. The third-order valence-electron chi connectivity index (χ3n) is 5.04. The van der Waals surface area contributed by atoms with Gasteiger partial charge in [-0.25, -0.2) is 0 Å². The van der Waals surface area contributed by atoms with Crippen molar-refractivity contribution in [3.05, 3.63) is 0 Å². The van der Waals surface area contributed by atoms with Crippen LogP contribution in [0.5, 0.6) is 0 Å². The molecule has 1 N–H and O–H groups in total. The van der Waals surface area contributed by atoms with Crippen molar-refractivity contribution < 1.29 is 0 Å². The first-order valence-corrected chi connectivity index (χ1v) is 8.06. The van der Waals surface area contributed by atoms with Crippen molar-refractivity contribution in [1.82, 2.24) is 10.2 Å². The van der Waals surface area contributed by atoms with Gasteiger partial charge in [-0.2, -0.15) is 0 Å². The Morgan fingerprint density at radius 3 is 2.44 bits per heavy atom. The Kier molecular flexibility index (Phi) is 4.71. The van der Waals surface area contributed by atoms with Crippen LogP contribution in [-0.2, 0) is 0 Å². The first-order chi connectivity index (χ1) is 8.58. The van der Waals surface area contributed by atoms with E-state index < -0.39 is 0 Å². The van der Waals surface area contributed by atoms with E-state index in [1.807, 2.05) is 0 Å². The molecular weight excluding hydrogens is 220 g/mol. The summed E-state index contributed by atoms with van der Waals surface area (Å²) in [6.45, 7) is 13.2. The predicted octanol–water partition coefficient (Wildman–Crippen LogP) is 3.28. The predicted molar refractivity (Wildman–Crippen MR) is 78.9 cm³/mol. The van der Waals surface area contributed by atoms with Crippen LogP contribution < -0.4 is 5.32 Å². The zero-order valence-corrected chi connectivity index (χ0v) is 12.8. The average molecular weight is 252 g/mol. The van der Waals surface area contributed by atoms with Crippen molar-refractivity contribution in [2.75, 3.05) is 19.6 Å². The average Bonchev–Trinajstić information content (AvgIpc) is 3.13. The molecule has 0 heterocycles. The summed E-state index contributed by atoms with van der Waals surface area (Å²) in [5.74, 6) is 1.01. The second-order valence-electron chi connectivity index (χ2n) is 7.01. The number of likely N-dealkylation sites (N-methyl/N-ethyl adjacent to an activating group) is 2. The zero-order chi connectivity index (χ0) is 13.2. The van der Waals surface area contributed by atoms with E-state index in [2.05, 4.69) is 37.9 Å². The maximum absolute atomic E-state index is 3.79. The van der Waals surface area contributed by atoms with Crippen molar-refractivity contribution >= 4 is 0 Å². The molecule has 2 aliphatic rings. The molecule has 2 rings (SSSR count). The minimum Gasteiger partial charge on any atom is -0.312 e. The summed E-state index contributed by atoms with van der Waals surface area (Å²) in [4.78, 5) is 2.77. The largest absolute Gasteiger partial charge is 0.312 e. The number of nitrogens with one attached hydrogen (secondary N) is 1. The fourth-order valence-electron chi connectivity index (χ4n) is 3.77. The van der Waals surface area contributed by atoms with Gasteiger partial charge >= 0.3 is 0 Å². The fourth-order valence-corrected chi connectivity index (χ4v) is 3.77. The summed E-state index contributed by atoms with van der Waals surface area (Å²) >= 11 is 0. The highest BCUT2D eigenvalue weighted by Gasteiger charge is 2.41. The molecule has 2 heteroatoms. The van der Waals surface area contributed by atoms with E-state index >= 15 is 0 Å². The molecule has 2 aliphatic carbocycles. The molecule has 0 aromatic carbocycles. The SMILES string of the molecule is CCNC1C(N(CC)CC2CC2)CCCC1(C)C. The monoisotopic (exact) mass is 252 g/mol. The lowest BCUT2D eigenvalue weighted by molar-refractivity contribution is 0.0493. The molecular formula is C16H32N2. The molecule has 106 valence electrons. The quantitative estimate of drug-likeness (QED) is 0.780. The smallest absolute Gasteiger partial charge is 0.0274 e. The number of rotatable bonds is 6. The molecule has 0 radical (unpaired) electrons. The van der Waals surface area contributed by atoms with Crippen LogP contribution in [0, 0.1) is 11.3 Å². The summed E-state index contributed by atoms with van der Waals surface area (Å²) in [6, 6.07) is 1.44. The van der Waals surface area contributed by atoms with Gasteiger partial charge < -0.3 is 5.32 Å². The van der Waals surface area contributed by atoms with Gasteiger partial charge in [0.25, 0.3) is 0 Å². The molecule has 0 aromatic rings. The van der Waals surface area contributed by atoms with Gasteiger partial charge in [0.15, 0.2) is 0 Å². The summed E-state index contributed by atoms with van der Waals surface area (Å²) in [5, 5.41) is 3.79. The second kappa shape index (κ2) is 5.92. The maximum atomic E-state index is 3.79. The number of hydrogen-bond acceptors (Lipinski definition) is 2. The van der Waals surface area contributed by atoms with E-state index in [1.54, 1.807) is 0 Å². The Bertz CT molecular complexity index is 258. The van der Waals surface area contributed by atoms with Crippen LogP contribution in [0.3, 0.4) is 0 Å². The molecule has 2 fully saturated rings. The van der Waals surface area contributed by atoms with Gasteiger partial charge in [-0.1, -0.05) is 34.1 Å². The van der Waals surface area contributed by atoms with Crippen LogP contribution in [0.15, 0.2) is 0 Å². The fraction of sp³-hybridized carbons (Fsp3) is 1.00. The molecule has 2 atom stereocenters. The van der Waals surface area contributed by atoms with Crippen LogP contribution in [0.25, 0.3) is 0 Å². The lowest BCUT2D eigenvalue weighted by atomic mass is 9.70. The Balaban J connectivity index is 2.05. The number of nitrogens with zero attached hydrogens (tertiary/aromatic N) is 1. The van der Waals surface area contributed by atoms with Gasteiger partial charge in [-0.3, -0.25) is 4.90 Å². The maximum Gasteiger partial charge on any atom is 0.0274 e. The highest BCUT2D eigenvalue weighted by Crippen LogP contribution is 2.39. The minimum atomic E-state index is 0.454. The first kappa shape index (κ1) is 14.3. The van der Waals surface area contributed by atoms with Crippen molar-refractivity contribution in [2.45, 2.75) is 71.9 Å². The van der Waals surface area contributed by atoms with E-state index in [4.69, 9.17) is 0 Å². The van der Waals surface area contributed by atoms with Gasteiger partial charge in [-0.15, -0.1) is 0 Å². The lowest BCUT2D eigenvalue weighted by Gasteiger charge is -2.48. The standard InChI is InChI=1S/C16H32N2/c1-5-17-15-14(8-7-11-16(15,3)4)18(6-2)12-13-9-10-13/h13-15,17H,5-12H2,1-4H3. The van der Waals surface area contributed by atoms with Crippen LogP contribution in [0.4, 0.5) is 0 Å². The van der Waals surface area contributed by atoms with E-state index in [0.29, 0.717) is 11.5 Å². The molecule has 0 spiro atoms. The Hall–Kier alpha value is -0.0800. The van der Waals surface area contributed by atoms with Crippen molar-refractivity contribution in [3.8, 4) is 0 Å². The summed E-state index contributed by atoms with van der Waals surface area (Å²) < 4.78 is 0. The Morgan fingerprint density at radius 2 is 1.89 bits per heavy atom. The van der Waals surface area contributed by atoms with Crippen LogP contribution in [0.1, 0.15) is 59.8 Å². The summed E-state index contributed by atoms with van der Waals surface area (Å²) in [7, 11) is 0. The van der Waals surface area contributed by atoms with Crippen LogP contribution in [0.2, 0.25) is 0 Å². The lowest BCUT2D eigenvalue weighted by Crippen LogP contribution is -2.59. The normalized spacial score (nSPS) is 31.8. The van der Waals surface area contributed by atoms with Gasteiger partial charge in [-0.05, 0) is 50.1 Å². The first-order valence-electron chi connectivity index (χ1n) is 8.06. The summed E-state index contributed by atoms with van der Waals surface area (Å²) in [5.41, 5.74) is 0.454. The molecule has 18 heavy (non-hydrogen) atoms. The van der Waals surface area contributed by atoms with Crippen molar-refractivity contribution in [2.24, 2.45) is 11.3 Å². The van der Waals surface area contributed by atoms with E-state index in [9.17, 15) is 0 Å². The summed E-state index contributed by atoms with van der Waals surface area (Å²) in [6.07, 6.45) is 7.11. The van der Waals surface area contributed by atoms with Gasteiger partial charge in [0.2, 0.25) is 0 Å². The van der Waals surface area contributed by atoms with Crippen molar-refractivity contribution in [1.29, 1.82) is 0 Å². The molecule has 0 aromatic heterocycles. The third kappa shape index (κ3) is 3.27. The van der Waals surface area contributed by atoms with Gasteiger partial charge in [0.1, 0.15) is 0 Å². The van der Waals surface area contributed by atoms with Gasteiger partial charge in [0.05, 0.1) is 0 Å². The highest BCUT2D eigenvalue weighted by atomic mass is 15.2. The molecule has 0 amide bonds. The van der Waals surface area contributed by atoms with E-state index in [1.165, 1.54) is 45.2 Å². The minimum absolute atomic E-state index is 0.454. The highest BCUT2D eigenvalue weighted by molar-refractivity contribution is 4.98. The third-order valence-corrected chi connectivity index (χ3v) is 5.04. The molecule has 0 bridgehead atoms. The van der Waals surface area contributed by atoms with E-state index in [0.717, 1.165) is 18.5 Å². The van der Waals surface area contributed by atoms with Crippen molar-refractivity contribution in [3.63, 3.8) is 0 Å². The topological polar surface area (TPSA) is 15.3 Å².